The fraction of sp³-hybridized carbons (Fsp3) is 0.417. The summed E-state index contributed by atoms with van der Waals surface area (Å²) in [5.41, 5.74) is 6.94. The van der Waals surface area contributed by atoms with Gasteiger partial charge in [0.2, 0.25) is 5.91 Å². The van der Waals surface area contributed by atoms with Crippen molar-refractivity contribution in [3.8, 4) is 0 Å². The number of methoxy groups -OCH3 is 1. The largest absolute Gasteiger partial charge is 0.372 e. The van der Waals surface area contributed by atoms with E-state index in [0.717, 1.165) is 5.56 Å². The van der Waals surface area contributed by atoms with Gasteiger partial charge in [0.05, 0.1) is 0 Å². The monoisotopic (exact) mass is 258 g/mol. The predicted molar refractivity (Wildman–Crippen MR) is 70.1 cm³/mol. The molecule has 96 valence electrons. The fourth-order valence-electron chi connectivity index (χ4n) is 1.28. The molecule has 0 radical (unpaired) electrons. The first-order valence-corrected chi connectivity index (χ1v) is 5.26. The number of benzene rings is 1. The first-order valence-electron chi connectivity index (χ1n) is 5.26. The van der Waals surface area contributed by atoms with Crippen LogP contribution in [0.5, 0.6) is 0 Å². The van der Waals surface area contributed by atoms with Gasteiger partial charge in [-0.1, -0.05) is 30.3 Å². The van der Waals surface area contributed by atoms with E-state index in [-0.39, 0.29) is 24.4 Å². The summed E-state index contributed by atoms with van der Waals surface area (Å²) in [5.74, 6) is -0.145. The molecule has 5 heteroatoms. The number of hydrogen-bond acceptors (Lipinski definition) is 3. The zero-order valence-corrected chi connectivity index (χ0v) is 10.9. The van der Waals surface area contributed by atoms with Gasteiger partial charge in [0, 0.05) is 19.7 Å². The molecule has 0 aliphatic rings. The van der Waals surface area contributed by atoms with Gasteiger partial charge < -0.3 is 15.8 Å². The van der Waals surface area contributed by atoms with E-state index >= 15 is 0 Å². The second-order valence-electron chi connectivity index (χ2n) is 3.64. The Bertz CT molecular complexity index is 333. The molecule has 0 aromatic heterocycles. The van der Waals surface area contributed by atoms with Crippen molar-refractivity contribution in [1.29, 1.82) is 0 Å². The Morgan fingerprint density at radius 1 is 1.41 bits per heavy atom. The summed E-state index contributed by atoms with van der Waals surface area (Å²) in [7, 11) is 1.50. The third kappa shape index (κ3) is 5.17. The minimum atomic E-state index is -0.442. The van der Waals surface area contributed by atoms with Gasteiger partial charge in [-0.25, -0.2) is 0 Å². The van der Waals surface area contributed by atoms with Crippen molar-refractivity contribution in [2.24, 2.45) is 5.73 Å². The van der Waals surface area contributed by atoms with Crippen molar-refractivity contribution in [2.75, 3.05) is 13.7 Å². The normalized spacial score (nSPS) is 13.4. The molecule has 3 N–H and O–H groups in total. The second kappa shape index (κ2) is 8.06. The molecule has 1 aromatic carbocycles. The van der Waals surface area contributed by atoms with Gasteiger partial charge in [0.25, 0.3) is 0 Å². The van der Waals surface area contributed by atoms with Gasteiger partial charge in [-0.2, -0.15) is 0 Å². The molecule has 1 aromatic rings. The number of rotatable bonds is 5. The minimum absolute atomic E-state index is 0. The van der Waals surface area contributed by atoms with Crippen molar-refractivity contribution in [3.05, 3.63) is 35.9 Å². The average Bonchev–Trinajstić information content (AvgIpc) is 2.35. The van der Waals surface area contributed by atoms with E-state index in [9.17, 15) is 4.79 Å². The molecule has 2 unspecified atom stereocenters. The molecule has 0 spiro atoms. The summed E-state index contributed by atoms with van der Waals surface area (Å²) >= 11 is 0. The highest BCUT2D eigenvalue weighted by molar-refractivity contribution is 5.85. The van der Waals surface area contributed by atoms with Crippen LogP contribution in [0.4, 0.5) is 0 Å². The Morgan fingerprint density at radius 2 is 2.00 bits per heavy atom. The van der Waals surface area contributed by atoms with E-state index in [4.69, 9.17) is 10.5 Å². The number of nitrogens with one attached hydrogen (secondary N) is 1. The molecule has 0 aliphatic heterocycles. The average molecular weight is 259 g/mol. The van der Waals surface area contributed by atoms with Gasteiger partial charge in [0.15, 0.2) is 0 Å². The standard InChI is InChI=1S/C12H18N2O2.ClH/c1-9(16-2)12(15)14-8-11(13)10-6-4-3-5-7-10;/h3-7,9,11H,8,13H2,1-2H3,(H,14,15);1H. The maximum atomic E-state index is 11.4. The molecule has 0 bridgehead atoms. The first-order chi connectivity index (χ1) is 7.65. The Hall–Kier alpha value is -1.10. The summed E-state index contributed by atoms with van der Waals surface area (Å²) in [6.07, 6.45) is -0.442. The van der Waals surface area contributed by atoms with E-state index in [1.54, 1.807) is 6.92 Å². The lowest BCUT2D eigenvalue weighted by atomic mass is 10.1. The highest BCUT2D eigenvalue weighted by atomic mass is 35.5. The van der Waals surface area contributed by atoms with Crippen LogP contribution in [0.1, 0.15) is 18.5 Å². The third-order valence-electron chi connectivity index (χ3n) is 2.45. The lowest BCUT2D eigenvalue weighted by Gasteiger charge is -2.15. The number of carbonyl (C=O) groups excluding carboxylic acids is 1. The number of halogens is 1. The summed E-state index contributed by atoms with van der Waals surface area (Å²) in [6.45, 7) is 2.11. The second-order valence-corrected chi connectivity index (χ2v) is 3.64. The highest BCUT2D eigenvalue weighted by Gasteiger charge is 2.12. The zero-order valence-electron chi connectivity index (χ0n) is 10.1. The molecule has 17 heavy (non-hydrogen) atoms. The Balaban J connectivity index is 0.00000256. The molecule has 0 fully saturated rings. The molecule has 1 amide bonds. The van der Waals surface area contributed by atoms with E-state index in [2.05, 4.69) is 5.32 Å². The van der Waals surface area contributed by atoms with Crippen LogP contribution >= 0.6 is 12.4 Å². The summed E-state index contributed by atoms with van der Waals surface area (Å²) in [6, 6.07) is 9.48. The van der Waals surface area contributed by atoms with Gasteiger partial charge in [-0.05, 0) is 12.5 Å². The Kier molecular flexibility index (Phi) is 7.54. The van der Waals surface area contributed by atoms with Crippen molar-refractivity contribution in [1.82, 2.24) is 5.32 Å². The lowest BCUT2D eigenvalue weighted by molar-refractivity contribution is -0.130. The maximum absolute atomic E-state index is 11.4. The van der Waals surface area contributed by atoms with Crippen LogP contribution in [-0.2, 0) is 9.53 Å². The molecule has 4 nitrogen and oxygen atoms in total. The summed E-state index contributed by atoms with van der Waals surface area (Å²) in [5, 5.41) is 2.74. The first kappa shape index (κ1) is 15.9. The van der Waals surface area contributed by atoms with Crippen LogP contribution in [0.25, 0.3) is 0 Å². The fourth-order valence-corrected chi connectivity index (χ4v) is 1.28. The quantitative estimate of drug-likeness (QED) is 0.836. The number of amides is 1. The van der Waals surface area contributed by atoms with Crippen LogP contribution in [0.15, 0.2) is 30.3 Å². The molecule has 2 atom stereocenters. The van der Waals surface area contributed by atoms with Crippen molar-refractivity contribution >= 4 is 18.3 Å². The zero-order chi connectivity index (χ0) is 12.0. The summed E-state index contributed by atoms with van der Waals surface area (Å²) < 4.78 is 4.90. The Morgan fingerprint density at radius 3 is 2.53 bits per heavy atom. The lowest BCUT2D eigenvalue weighted by Crippen LogP contribution is -2.38. The highest BCUT2D eigenvalue weighted by Crippen LogP contribution is 2.07. The van der Waals surface area contributed by atoms with Gasteiger partial charge in [-0.15, -0.1) is 12.4 Å². The van der Waals surface area contributed by atoms with Gasteiger partial charge in [-0.3, -0.25) is 4.79 Å². The molecule has 0 saturated carbocycles. The van der Waals surface area contributed by atoms with E-state index < -0.39 is 6.10 Å². The van der Waals surface area contributed by atoms with Gasteiger partial charge in [0.1, 0.15) is 6.10 Å². The van der Waals surface area contributed by atoms with Gasteiger partial charge >= 0.3 is 0 Å². The van der Waals surface area contributed by atoms with Crippen LogP contribution < -0.4 is 11.1 Å². The van der Waals surface area contributed by atoms with Crippen molar-refractivity contribution in [3.63, 3.8) is 0 Å². The SMILES string of the molecule is COC(C)C(=O)NCC(N)c1ccccc1.Cl. The number of nitrogens with two attached hydrogens (primary N) is 1. The van der Waals surface area contributed by atoms with Crippen LogP contribution in [0.2, 0.25) is 0 Å². The topological polar surface area (TPSA) is 64.3 Å². The number of carbonyl (C=O) groups is 1. The van der Waals surface area contributed by atoms with E-state index in [1.807, 2.05) is 30.3 Å². The van der Waals surface area contributed by atoms with Crippen LogP contribution in [0, 0.1) is 0 Å². The van der Waals surface area contributed by atoms with Crippen LogP contribution in [0.3, 0.4) is 0 Å². The number of hydrogen-bond donors (Lipinski definition) is 2. The van der Waals surface area contributed by atoms with Crippen LogP contribution in [-0.4, -0.2) is 25.7 Å². The molecule has 0 saturated heterocycles. The number of ether oxygens (including phenoxy) is 1. The maximum Gasteiger partial charge on any atom is 0.248 e. The molecular weight excluding hydrogens is 240 g/mol. The van der Waals surface area contributed by atoms with E-state index in [1.165, 1.54) is 7.11 Å². The molecule has 1 rings (SSSR count). The Labute approximate surface area is 108 Å². The third-order valence-corrected chi connectivity index (χ3v) is 2.45. The smallest absolute Gasteiger partial charge is 0.248 e. The molecular formula is C12H19ClN2O2. The van der Waals surface area contributed by atoms with Crippen molar-refractivity contribution in [2.45, 2.75) is 19.1 Å². The predicted octanol–water partition coefficient (Wildman–Crippen LogP) is 1.26. The molecule has 0 heterocycles. The minimum Gasteiger partial charge on any atom is -0.372 e. The van der Waals surface area contributed by atoms with E-state index in [0.29, 0.717) is 6.54 Å². The van der Waals surface area contributed by atoms with Crippen molar-refractivity contribution < 1.29 is 9.53 Å². The molecule has 0 aliphatic carbocycles. The summed E-state index contributed by atoms with van der Waals surface area (Å²) in [4.78, 5) is 11.4.